The minimum atomic E-state index is -1.83. The number of nitrogens with zero attached hydrogens (tertiary/aromatic N) is 1. The molecule has 2 aromatic carbocycles. The molecule has 0 bridgehead atoms. The SMILES string of the molecule is O=C(NC1CCN(Cc2ccc3c(c2)OCO3)CC1)c1ccc2oc(F)c(F)c(=O)c2c1F. The van der Waals surface area contributed by atoms with E-state index in [0.29, 0.717) is 32.5 Å². The standard InChI is InChI=1S/C23H19F3N2O5/c24-19-14(2-4-16-18(19)21(29)20(25)22(26)33-16)23(30)27-13-5-7-28(8-6-13)10-12-1-3-15-17(9-12)32-11-31-15/h1-4,9,13H,5-8,10-11H2,(H,27,30). The lowest BCUT2D eigenvalue weighted by Gasteiger charge is -2.32. The quantitative estimate of drug-likeness (QED) is 0.644. The summed E-state index contributed by atoms with van der Waals surface area (Å²) in [7, 11) is 0. The van der Waals surface area contributed by atoms with Gasteiger partial charge in [-0.15, -0.1) is 0 Å². The van der Waals surface area contributed by atoms with Gasteiger partial charge in [-0.3, -0.25) is 14.5 Å². The Morgan fingerprint density at radius 1 is 1.03 bits per heavy atom. The van der Waals surface area contributed by atoms with E-state index in [-0.39, 0.29) is 12.8 Å². The third kappa shape index (κ3) is 4.02. The molecule has 0 atom stereocenters. The van der Waals surface area contributed by atoms with Gasteiger partial charge >= 0.3 is 6.01 Å². The van der Waals surface area contributed by atoms with Crippen LogP contribution < -0.4 is 20.2 Å². The molecule has 0 saturated carbocycles. The van der Waals surface area contributed by atoms with E-state index in [0.717, 1.165) is 29.2 Å². The lowest BCUT2D eigenvalue weighted by Crippen LogP contribution is -2.44. The number of nitrogens with one attached hydrogen (secondary N) is 1. The number of carbonyl (C=O) groups excluding carboxylic acids is 1. The molecule has 1 N–H and O–H groups in total. The van der Waals surface area contributed by atoms with Crippen molar-refractivity contribution in [2.75, 3.05) is 19.9 Å². The lowest BCUT2D eigenvalue weighted by atomic mass is 10.0. The summed E-state index contributed by atoms with van der Waals surface area (Å²) in [5.74, 6) is -2.34. The van der Waals surface area contributed by atoms with Crippen molar-refractivity contribution in [3.63, 3.8) is 0 Å². The number of amides is 1. The van der Waals surface area contributed by atoms with Crippen LogP contribution in [0.15, 0.2) is 39.5 Å². The monoisotopic (exact) mass is 460 g/mol. The number of hydrogen-bond donors (Lipinski definition) is 1. The van der Waals surface area contributed by atoms with E-state index in [1.54, 1.807) is 0 Å². The Hall–Kier alpha value is -3.53. The highest BCUT2D eigenvalue weighted by Gasteiger charge is 2.26. The van der Waals surface area contributed by atoms with E-state index in [9.17, 15) is 22.8 Å². The Morgan fingerprint density at radius 3 is 2.58 bits per heavy atom. The van der Waals surface area contributed by atoms with Crippen LogP contribution in [0.5, 0.6) is 11.5 Å². The Morgan fingerprint density at radius 2 is 1.79 bits per heavy atom. The highest BCUT2D eigenvalue weighted by Crippen LogP contribution is 2.33. The first kappa shape index (κ1) is 21.3. The summed E-state index contributed by atoms with van der Waals surface area (Å²) in [6.45, 7) is 2.37. The Balaban J connectivity index is 1.23. The highest BCUT2D eigenvalue weighted by molar-refractivity contribution is 5.98. The van der Waals surface area contributed by atoms with Crippen LogP contribution in [0.1, 0.15) is 28.8 Å². The summed E-state index contributed by atoms with van der Waals surface area (Å²) in [4.78, 5) is 26.8. The van der Waals surface area contributed by atoms with Crippen molar-refractivity contribution in [2.45, 2.75) is 25.4 Å². The molecule has 0 unspecified atom stereocenters. The van der Waals surface area contributed by atoms with Crippen molar-refractivity contribution < 1.29 is 31.9 Å². The van der Waals surface area contributed by atoms with Crippen LogP contribution in [0.25, 0.3) is 11.0 Å². The third-order valence-corrected chi connectivity index (χ3v) is 5.91. The second kappa shape index (κ2) is 8.43. The van der Waals surface area contributed by atoms with E-state index < -0.39 is 45.5 Å². The summed E-state index contributed by atoms with van der Waals surface area (Å²) < 4.78 is 56.8. The van der Waals surface area contributed by atoms with Gasteiger partial charge in [0.15, 0.2) is 17.3 Å². The highest BCUT2D eigenvalue weighted by atomic mass is 19.2. The smallest absolute Gasteiger partial charge is 0.318 e. The number of ether oxygens (including phenoxy) is 2. The summed E-state index contributed by atoms with van der Waals surface area (Å²) in [6, 6.07) is 6.05. The second-order valence-corrected chi connectivity index (χ2v) is 8.03. The molecule has 0 radical (unpaired) electrons. The summed E-state index contributed by atoms with van der Waals surface area (Å²) >= 11 is 0. The second-order valence-electron chi connectivity index (χ2n) is 8.03. The minimum absolute atomic E-state index is 0.193. The number of halogens is 3. The van der Waals surface area contributed by atoms with Gasteiger partial charge in [0.25, 0.3) is 5.91 Å². The van der Waals surface area contributed by atoms with Gasteiger partial charge < -0.3 is 19.2 Å². The molecule has 5 rings (SSSR count). The molecule has 2 aliphatic heterocycles. The van der Waals surface area contributed by atoms with E-state index in [1.165, 1.54) is 0 Å². The maximum Gasteiger partial charge on any atom is 0.318 e. The largest absolute Gasteiger partial charge is 0.454 e. The predicted molar refractivity (Wildman–Crippen MR) is 111 cm³/mol. The normalized spacial score (nSPS) is 16.3. The molecule has 172 valence electrons. The topological polar surface area (TPSA) is 81.0 Å². The molecule has 10 heteroatoms. The minimum Gasteiger partial charge on any atom is -0.454 e. The third-order valence-electron chi connectivity index (χ3n) is 5.91. The van der Waals surface area contributed by atoms with Gasteiger partial charge in [-0.1, -0.05) is 6.07 Å². The van der Waals surface area contributed by atoms with Gasteiger partial charge in [0.05, 0.1) is 5.56 Å². The van der Waals surface area contributed by atoms with Crippen molar-refractivity contribution in [1.82, 2.24) is 10.2 Å². The molecule has 3 heterocycles. The zero-order valence-corrected chi connectivity index (χ0v) is 17.3. The molecule has 0 aliphatic carbocycles. The molecule has 1 amide bonds. The first-order valence-electron chi connectivity index (χ1n) is 10.4. The molecular formula is C23H19F3N2O5. The van der Waals surface area contributed by atoms with Crippen molar-refractivity contribution >= 4 is 16.9 Å². The fourth-order valence-electron chi connectivity index (χ4n) is 4.17. The zero-order chi connectivity index (χ0) is 23.1. The van der Waals surface area contributed by atoms with Crippen molar-refractivity contribution in [1.29, 1.82) is 0 Å². The van der Waals surface area contributed by atoms with Crippen LogP contribution in [-0.4, -0.2) is 36.7 Å². The van der Waals surface area contributed by atoms with E-state index in [4.69, 9.17) is 9.47 Å². The number of hydrogen-bond acceptors (Lipinski definition) is 6. The van der Waals surface area contributed by atoms with Gasteiger partial charge in [-0.05, 0) is 42.7 Å². The molecule has 1 saturated heterocycles. The fourth-order valence-corrected chi connectivity index (χ4v) is 4.17. The first-order chi connectivity index (χ1) is 15.9. The molecule has 0 spiro atoms. The Kier molecular flexibility index (Phi) is 5.45. The van der Waals surface area contributed by atoms with Crippen LogP contribution >= 0.6 is 0 Å². The number of likely N-dealkylation sites (tertiary alicyclic amines) is 1. The summed E-state index contributed by atoms with van der Waals surface area (Å²) in [6.07, 6.45) is 1.29. The van der Waals surface area contributed by atoms with E-state index in [1.807, 2.05) is 18.2 Å². The van der Waals surface area contributed by atoms with Crippen molar-refractivity contribution in [2.24, 2.45) is 0 Å². The number of rotatable bonds is 4. The maximum absolute atomic E-state index is 14.8. The number of carbonyl (C=O) groups is 1. The van der Waals surface area contributed by atoms with Crippen LogP contribution in [0.3, 0.4) is 0 Å². The van der Waals surface area contributed by atoms with E-state index in [2.05, 4.69) is 14.6 Å². The van der Waals surface area contributed by atoms with Gasteiger partial charge in [0.1, 0.15) is 11.0 Å². The van der Waals surface area contributed by atoms with Crippen LogP contribution in [0.2, 0.25) is 0 Å². The number of benzene rings is 2. The first-order valence-corrected chi connectivity index (χ1v) is 10.4. The zero-order valence-electron chi connectivity index (χ0n) is 17.3. The Labute approximate surface area is 185 Å². The maximum atomic E-state index is 14.8. The molecular weight excluding hydrogens is 441 g/mol. The van der Waals surface area contributed by atoms with Crippen molar-refractivity contribution in [3.05, 3.63) is 69.3 Å². The van der Waals surface area contributed by atoms with Crippen LogP contribution in [0, 0.1) is 17.6 Å². The van der Waals surface area contributed by atoms with E-state index >= 15 is 0 Å². The Bertz CT molecular complexity index is 1300. The molecule has 33 heavy (non-hydrogen) atoms. The van der Waals surface area contributed by atoms with Crippen molar-refractivity contribution in [3.8, 4) is 11.5 Å². The van der Waals surface area contributed by atoms with Gasteiger partial charge in [-0.2, -0.15) is 8.78 Å². The average molecular weight is 460 g/mol. The molecule has 2 aliphatic rings. The predicted octanol–water partition coefficient (Wildman–Crippen LogP) is 3.33. The fraction of sp³-hybridized carbons (Fsp3) is 0.304. The lowest BCUT2D eigenvalue weighted by molar-refractivity contribution is 0.0905. The molecule has 1 aromatic heterocycles. The van der Waals surface area contributed by atoms with Gasteiger partial charge in [0.2, 0.25) is 18.0 Å². The number of fused-ring (bicyclic) bond motifs is 2. The summed E-state index contributed by atoms with van der Waals surface area (Å²) in [5.41, 5.74) is -1.30. The van der Waals surface area contributed by atoms with Gasteiger partial charge in [-0.25, -0.2) is 4.39 Å². The summed E-state index contributed by atoms with van der Waals surface area (Å²) in [5, 5.41) is 1.97. The average Bonchev–Trinajstić information content (AvgIpc) is 3.27. The van der Waals surface area contributed by atoms with Gasteiger partial charge in [0, 0.05) is 25.7 Å². The molecule has 3 aromatic rings. The van der Waals surface area contributed by atoms with Crippen LogP contribution in [-0.2, 0) is 6.54 Å². The molecule has 7 nitrogen and oxygen atoms in total. The van der Waals surface area contributed by atoms with Crippen LogP contribution in [0.4, 0.5) is 13.2 Å². The molecule has 1 fully saturated rings. The number of piperidine rings is 1.